The van der Waals surface area contributed by atoms with Gasteiger partial charge in [-0.1, -0.05) is 18.2 Å². The van der Waals surface area contributed by atoms with Crippen LogP contribution < -0.4 is 11.5 Å². The zero-order valence-electron chi connectivity index (χ0n) is 10.4. The van der Waals surface area contributed by atoms with Crippen LogP contribution in [0.4, 0.5) is 5.69 Å². The lowest BCUT2D eigenvalue weighted by atomic mass is 9.78. The first-order chi connectivity index (χ1) is 8.06. The predicted octanol–water partition coefficient (Wildman–Crippen LogP) is 1.44. The van der Waals surface area contributed by atoms with Crippen LogP contribution in [-0.2, 0) is 14.9 Å². The number of hydrogen-bond donors (Lipinski definition) is 2. The smallest absolute Gasteiger partial charge is 0.316 e. The first-order valence-corrected chi connectivity index (χ1v) is 5.78. The third-order valence-corrected chi connectivity index (χ3v) is 2.93. The molecule has 1 aromatic rings. The Hall–Kier alpha value is -1.55. The average molecular weight is 236 g/mol. The quantitative estimate of drug-likeness (QED) is 0.599. The molecular weight excluding hydrogens is 216 g/mol. The first-order valence-electron chi connectivity index (χ1n) is 5.78. The van der Waals surface area contributed by atoms with Crippen molar-refractivity contribution in [3.8, 4) is 0 Å². The third-order valence-electron chi connectivity index (χ3n) is 2.93. The summed E-state index contributed by atoms with van der Waals surface area (Å²) >= 11 is 0. The van der Waals surface area contributed by atoms with Crippen LogP contribution in [0.3, 0.4) is 0 Å². The van der Waals surface area contributed by atoms with Crippen molar-refractivity contribution in [1.82, 2.24) is 0 Å². The standard InChI is InChI=1S/C13H20N2O2/c1-3-17-12(16)13(2,8-9-14)10-6-4-5-7-11(10)15/h4-7H,3,8-9,14-15H2,1-2H3. The molecule has 0 saturated heterocycles. The number of rotatable bonds is 5. The van der Waals surface area contributed by atoms with Gasteiger partial charge in [0.05, 0.1) is 12.0 Å². The van der Waals surface area contributed by atoms with Gasteiger partial charge in [-0.2, -0.15) is 0 Å². The zero-order chi connectivity index (χ0) is 12.9. The van der Waals surface area contributed by atoms with E-state index in [1.807, 2.05) is 25.1 Å². The van der Waals surface area contributed by atoms with Crippen LogP contribution in [0.15, 0.2) is 24.3 Å². The summed E-state index contributed by atoms with van der Waals surface area (Å²) in [7, 11) is 0. The highest BCUT2D eigenvalue weighted by molar-refractivity contribution is 5.84. The third kappa shape index (κ3) is 2.77. The van der Waals surface area contributed by atoms with E-state index < -0.39 is 5.41 Å². The topological polar surface area (TPSA) is 78.3 Å². The molecule has 1 atom stereocenters. The van der Waals surface area contributed by atoms with Gasteiger partial charge in [0.15, 0.2) is 0 Å². The molecule has 1 unspecified atom stereocenters. The van der Waals surface area contributed by atoms with E-state index in [4.69, 9.17) is 16.2 Å². The van der Waals surface area contributed by atoms with Gasteiger partial charge in [-0.05, 0) is 38.4 Å². The van der Waals surface area contributed by atoms with Crippen LogP contribution >= 0.6 is 0 Å². The molecule has 0 spiro atoms. The number of carbonyl (C=O) groups is 1. The second-order valence-electron chi connectivity index (χ2n) is 4.18. The second-order valence-corrected chi connectivity index (χ2v) is 4.18. The summed E-state index contributed by atoms with van der Waals surface area (Å²) in [5.41, 5.74) is 12.1. The Labute approximate surface area is 102 Å². The summed E-state index contributed by atoms with van der Waals surface area (Å²) in [4.78, 5) is 12.1. The van der Waals surface area contributed by atoms with Gasteiger partial charge >= 0.3 is 5.97 Å². The summed E-state index contributed by atoms with van der Waals surface area (Å²) in [5.74, 6) is -0.275. The van der Waals surface area contributed by atoms with Crippen molar-refractivity contribution in [2.45, 2.75) is 25.7 Å². The summed E-state index contributed by atoms with van der Waals surface area (Å²) < 4.78 is 5.12. The average Bonchev–Trinajstić information content (AvgIpc) is 2.30. The Bertz CT molecular complexity index is 393. The Morgan fingerprint density at radius 2 is 2.06 bits per heavy atom. The molecule has 0 aliphatic carbocycles. The number of nitrogen functional groups attached to an aromatic ring is 1. The molecule has 4 nitrogen and oxygen atoms in total. The van der Waals surface area contributed by atoms with E-state index in [1.165, 1.54) is 0 Å². The van der Waals surface area contributed by atoms with E-state index in [9.17, 15) is 4.79 Å². The maximum absolute atomic E-state index is 12.1. The van der Waals surface area contributed by atoms with Crippen LogP contribution in [-0.4, -0.2) is 19.1 Å². The van der Waals surface area contributed by atoms with E-state index in [1.54, 1.807) is 13.0 Å². The Morgan fingerprint density at radius 3 is 2.59 bits per heavy atom. The molecule has 17 heavy (non-hydrogen) atoms. The molecule has 4 N–H and O–H groups in total. The number of benzene rings is 1. The number of nitrogens with two attached hydrogens (primary N) is 2. The Balaban J connectivity index is 3.15. The van der Waals surface area contributed by atoms with Crippen LogP contribution in [0, 0.1) is 0 Å². The van der Waals surface area contributed by atoms with Gasteiger partial charge in [-0.25, -0.2) is 0 Å². The molecule has 0 saturated carbocycles. The molecule has 94 valence electrons. The van der Waals surface area contributed by atoms with Crippen molar-refractivity contribution in [2.24, 2.45) is 5.73 Å². The number of ether oxygens (including phenoxy) is 1. The monoisotopic (exact) mass is 236 g/mol. The molecule has 0 aliphatic heterocycles. The van der Waals surface area contributed by atoms with Crippen molar-refractivity contribution in [3.05, 3.63) is 29.8 Å². The molecule has 0 aromatic heterocycles. The molecule has 0 fully saturated rings. The van der Waals surface area contributed by atoms with Crippen molar-refractivity contribution < 1.29 is 9.53 Å². The summed E-state index contributed by atoms with van der Waals surface area (Å²) in [6, 6.07) is 7.33. The molecule has 4 heteroatoms. The van der Waals surface area contributed by atoms with E-state index in [0.717, 1.165) is 5.56 Å². The summed E-state index contributed by atoms with van der Waals surface area (Å²) in [6.45, 7) is 4.37. The normalized spacial score (nSPS) is 14.1. The second kappa shape index (κ2) is 5.68. The fourth-order valence-corrected chi connectivity index (χ4v) is 1.93. The van der Waals surface area contributed by atoms with Gasteiger partial charge in [0.25, 0.3) is 0 Å². The zero-order valence-corrected chi connectivity index (χ0v) is 10.4. The largest absolute Gasteiger partial charge is 0.465 e. The number of para-hydroxylation sites is 1. The SMILES string of the molecule is CCOC(=O)C(C)(CCN)c1ccccc1N. The maximum Gasteiger partial charge on any atom is 0.316 e. The van der Waals surface area contributed by atoms with Crippen molar-refractivity contribution >= 4 is 11.7 Å². The minimum absolute atomic E-state index is 0.275. The summed E-state index contributed by atoms with van der Waals surface area (Å²) in [6.07, 6.45) is 0.514. The van der Waals surface area contributed by atoms with Gasteiger partial charge in [-0.3, -0.25) is 4.79 Å². The number of esters is 1. The maximum atomic E-state index is 12.1. The van der Waals surface area contributed by atoms with E-state index in [0.29, 0.717) is 25.3 Å². The fourth-order valence-electron chi connectivity index (χ4n) is 1.93. The molecule has 0 amide bonds. The number of anilines is 1. The lowest BCUT2D eigenvalue weighted by molar-refractivity contribution is -0.149. The van der Waals surface area contributed by atoms with Crippen molar-refractivity contribution in [3.63, 3.8) is 0 Å². The number of carbonyl (C=O) groups excluding carboxylic acids is 1. The van der Waals surface area contributed by atoms with E-state index in [2.05, 4.69) is 0 Å². The van der Waals surface area contributed by atoms with Crippen LogP contribution in [0.2, 0.25) is 0 Å². The lowest BCUT2D eigenvalue weighted by Crippen LogP contribution is -2.37. The highest BCUT2D eigenvalue weighted by Crippen LogP contribution is 2.32. The van der Waals surface area contributed by atoms with Gasteiger partial charge in [0, 0.05) is 5.69 Å². The van der Waals surface area contributed by atoms with Crippen LogP contribution in [0.25, 0.3) is 0 Å². The molecule has 1 rings (SSSR count). The first kappa shape index (κ1) is 13.5. The molecular formula is C13H20N2O2. The van der Waals surface area contributed by atoms with E-state index >= 15 is 0 Å². The van der Waals surface area contributed by atoms with Crippen molar-refractivity contribution in [2.75, 3.05) is 18.9 Å². The van der Waals surface area contributed by atoms with Gasteiger partial charge < -0.3 is 16.2 Å². The summed E-state index contributed by atoms with van der Waals surface area (Å²) in [5, 5.41) is 0. The minimum atomic E-state index is -0.768. The van der Waals surface area contributed by atoms with Crippen LogP contribution in [0.5, 0.6) is 0 Å². The predicted molar refractivity (Wildman–Crippen MR) is 68.5 cm³/mol. The fraction of sp³-hybridized carbons (Fsp3) is 0.462. The molecule has 0 aliphatic rings. The van der Waals surface area contributed by atoms with Crippen molar-refractivity contribution in [1.29, 1.82) is 0 Å². The molecule has 0 bridgehead atoms. The molecule has 0 radical (unpaired) electrons. The van der Waals surface area contributed by atoms with Gasteiger partial charge in [0.2, 0.25) is 0 Å². The van der Waals surface area contributed by atoms with Gasteiger partial charge in [0.1, 0.15) is 0 Å². The highest BCUT2D eigenvalue weighted by atomic mass is 16.5. The minimum Gasteiger partial charge on any atom is -0.465 e. The van der Waals surface area contributed by atoms with Gasteiger partial charge in [-0.15, -0.1) is 0 Å². The Kier molecular flexibility index (Phi) is 4.52. The lowest BCUT2D eigenvalue weighted by Gasteiger charge is -2.28. The molecule has 0 heterocycles. The molecule has 1 aromatic carbocycles. The number of hydrogen-bond acceptors (Lipinski definition) is 4. The van der Waals surface area contributed by atoms with Crippen LogP contribution in [0.1, 0.15) is 25.8 Å². The Morgan fingerprint density at radius 1 is 1.41 bits per heavy atom. The highest BCUT2D eigenvalue weighted by Gasteiger charge is 2.37. The van der Waals surface area contributed by atoms with E-state index in [-0.39, 0.29) is 5.97 Å².